The Morgan fingerprint density at radius 2 is 2.00 bits per heavy atom. The first-order chi connectivity index (χ1) is 6.48. The summed E-state index contributed by atoms with van der Waals surface area (Å²) in [5, 5.41) is 4.54. The summed E-state index contributed by atoms with van der Waals surface area (Å²) in [5.41, 5.74) is 3.21. The highest BCUT2D eigenvalue weighted by atomic mass is 15.3. The molecule has 0 amide bonds. The van der Waals surface area contributed by atoms with E-state index in [-0.39, 0.29) is 5.41 Å². The SMILES string of the molecule is Cc1ccnc2cc(C(C)(C)C)nn12. The molecule has 0 saturated heterocycles. The van der Waals surface area contributed by atoms with E-state index in [1.165, 1.54) is 0 Å². The smallest absolute Gasteiger partial charge is 0.155 e. The molecule has 14 heavy (non-hydrogen) atoms. The van der Waals surface area contributed by atoms with Gasteiger partial charge in [-0.15, -0.1) is 0 Å². The molecule has 2 aromatic rings. The molecule has 0 atom stereocenters. The number of fused-ring (bicyclic) bond motifs is 1. The topological polar surface area (TPSA) is 30.2 Å². The fraction of sp³-hybridized carbons (Fsp3) is 0.455. The summed E-state index contributed by atoms with van der Waals surface area (Å²) in [6.07, 6.45) is 1.82. The van der Waals surface area contributed by atoms with Gasteiger partial charge in [-0.2, -0.15) is 5.10 Å². The highest BCUT2D eigenvalue weighted by Crippen LogP contribution is 2.21. The summed E-state index contributed by atoms with van der Waals surface area (Å²) in [6, 6.07) is 4.01. The van der Waals surface area contributed by atoms with Crippen molar-refractivity contribution in [1.82, 2.24) is 14.6 Å². The number of hydrogen-bond donors (Lipinski definition) is 0. The van der Waals surface area contributed by atoms with Crippen molar-refractivity contribution < 1.29 is 0 Å². The molecule has 0 bridgehead atoms. The summed E-state index contributed by atoms with van der Waals surface area (Å²) in [5.74, 6) is 0. The van der Waals surface area contributed by atoms with Crippen LogP contribution in [0.2, 0.25) is 0 Å². The normalized spacial score (nSPS) is 12.3. The third-order valence-corrected chi connectivity index (χ3v) is 2.32. The predicted octanol–water partition coefficient (Wildman–Crippen LogP) is 2.34. The largest absolute Gasteiger partial charge is 0.237 e. The third-order valence-electron chi connectivity index (χ3n) is 2.32. The lowest BCUT2D eigenvalue weighted by Gasteiger charge is -2.13. The van der Waals surface area contributed by atoms with Crippen molar-refractivity contribution in [3.8, 4) is 0 Å². The molecule has 0 aliphatic heterocycles. The van der Waals surface area contributed by atoms with Crippen LogP contribution in [0.5, 0.6) is 0 Å². The molecule has 0 aliphatic carbocycles. The first-order valence-electron chi connectivity index (χ1n) is 4.80. The van der Waals surface area contributed by atoms with E-state index in [2.05, 4.69) is 30.9 Å². The van der Waals surface area contributed by atoms with Crippen LogP contribution in [0, 0.1) is 6.92 Å². The van der Waals surface area contributed by atoms with Crippen LogP contribution < -0.4 is 0 Å². The number of aromatic nitrogens is 3. The molecule has 0 aliphatic rings. The van der Waals surface area contributed by atoms with E-state index in [4.69, 9.17) is 0 Å². The molecule has 0 spiro atoms. The zero-order chi connectivity index (χ0) is 10.3. The molecule has 0 radical (unpaired) electrons. The summed E-state index contributed by atoms with van der Waals surface area (Å²) in [7, 11) is 0. The van der Waals surface area contributed by atoms with Gasteiger partial charge in [-0.25, -0.2) is 9.50 Å². The average Bonchev–Trinajstić information content (AvgIpc) is 2.48. The molecule has 74 valence electrons. The minimum atomic E-state index is 0.0835. The van der Waals surface area contributed by atoms with Crippen molar-refractivity contribution in [2.45, 2.75) is 33.1 Å². The number of nitrogens with zero attached hydrogens (tertiary/aromatic N) is 3. The van der Waals surface area contributed by atoms with Gasteiger partial charge in [-0.1, -0.05) is 20.8 Å². The van der Waals surface area contributed by atoms with Crippen LogP contribution in [-0.4, -0.2) is 14.6 Å². The van der Waals surface area contributed by atoms with E-state index in [0.717, 1.165) is 17.0 Å². The lowest BCUT2D eigenvalue weighted by molar-refractivity contribution is 0.561. The molecule has 0 N–H and O–H groups in total. The van der Waals surface area contributed by atoms with Crippen molar-refractivity contribution in [2.75, 3.05) is 0 Å². The van der Waals surface area contributed by atoms with Gasteiger partial charge in [0.1, 0.15) is 0 Å². The second kappa shape index (κ2) is 2.80. The monoisotopic (exact) mass is 189 g/mol. The van der Waals surface area contributed by atoms with Gasteiger partial charge in [-0.05, 0) is 13.0 Å². The minimum absolute atomic E-state index is 0.0835. The Kier molecular flexibility index (Phi) is 1.84. The van der Waals surface area contributed by atoms with Crippen molar-refractivity contribution in [1.29, 1.82) is 0 Å². The average molecular weight is 189 g/mol. The molecule has 0 saturated carbocycles. The number of aryl methyl sites for hydroxylation is 1. The maximum absolute atomic E-state index is 4.54. The Bertz CT molecular complexity index is 463. The van der Waals surface area contributed by atoms with Crippen LogP contribution in [0.1, 0.15) is 32.2 Å². The maximum Gasteiger partial charge on any atom is 0.155 e. The third kappa shape index (κ3) is 1.39. The molecule has 2 aromatic heterocycles. The Balaban J connectivity index is 2.69. The van der Waals surface area contributed by atoms with Gasteiger partial charge in [0.2, 0.25) is 0 Å². The summed E-state index contributed by atoms with van der Waals surface area (Å²) in [4.78, 5) is 4.28. The molecule has 3 heteroatoms. The van der Waals surface area contributed by atoms with E-state index < -0.39 is 0 Å². The minimum Gasteiger partial charge on any atom is -0.237 e. The zero-order valence-electron chi connectivity index (χ0n) is 9.07. The van der Waals surface area contributed by atoms with E-state index in [9.17, 15) is 0 Å². The quantitative estimate of drug-likeness (QED) is 0.636. The molecule has 2 rings (SSSR count). The Morgan fingerprint density at radius 3 is 2.57 bits per heavy atom. The van der Waals surface area contributed by atoms with Gasteiger partial charge in [0, 0.05) is 23.4 Å². The fourth-order valence-corrected chi connectivity index (χ4v) is 1.38. The van der Waals surface area contributed by atoms with Gasteiger partial charge >= 0.3 is 0 Å². The zero-order valence-corrected chi connectivity index (χ0v) is 9.07. The Labute approximate surface area is 83.8 Å². The highest BCUT2D eigenvalue weighted by Gasteiger charge is 2.18. The van der Waals surface area contributed by atoms with Crippen LogP contribution in [0.15, 0.2) is 18.3 Å². The van der Waals surface area contributed by atoms with E-state index in [1.807, 2.05) is 29.8 Å². The standard InChI is InChI=1S/C11H15N3/c1-8-5-6-12-10-7-9(11(2,3)4)13-14(8)10/h5-7H,1-4H3. The highest BCUT2D eigenvalue weighted by molar-refractivity contribution is 5.41. The first-order valence-corrected chi connectivity index (χ1v) is 4.80. The van der Waals surface area contributed by atoms with Crippen LogP contribution >= 0.6 is 0 Å². The summed E-state index contributed by atoms with van der Waals surface area (Å²) in [6.45, 7) is 8.51. The molecular weight excluding hydrogens is 174 g/mol. The van der Waals surface area contributed by atoms with E-state index in [1.54, 1.807) is 0 Å². The molecule has 0 fully saturated rings. The predicted molar refractivity (Wildman–Crippen MR) is 56.4 cm³/mol. The van der Waals surface area contributed by atoms with E-state index in [0.29, 0.717) is 0 Å². The van der Waals surface area contributed by atoms with E-state index >= 15 is 0 Å². The lowest BCUT2D eigenvalue weighted by Crippen LogP contribution is -2.12. The van der Waals surface area contributed by atoms with Crippen molar-refractivity contribution >= 4 is 5.65 Å². The second-order valence-corrected chi connectivity index (χ2v) is 4.64. The van der Waals surface area contributed by atoms with Crippen molar-refractivity contribution in [3.05, 3.63) is 29.7 Å². The van der Waals surface area contributed by atoms with Gasteiger partial charge < -0.3 is 0 Å². The van der Waals surface area contributed by atoms with Gasteiger partial charge in [0.05, 0.1) is 5.69 Å². The number of rotatable bonds is 0. The summed E-state index contributed by atoms with van der Waals surface area (Å²) < 4.78 is 1.89. The lowest BCUT2D eigenvalue weighted by atomic mass is 9.93. The van der Waals surface area contributed by atoms with Gasteiger partial charge in [-0.3, -0.25) is 0 Å². The van der Waals surface area contributed by atoms with Crippen LogP contribution in [-0.2, 0) is 5.41 Å². The Morgan fingerprint density at radius 1 is 1.29 bits per heavy atom. The molecular formula is C11H15N3. The van der Waals surface area contributed by atoms with Crippen LogP contribution in [0.3, 0.4) is 0 Å². The maximum atomic E-state index is 4.54. The molecule has 2 heterocycles. The van der Waals surface area contributed by atoms with Crippen LogP contribution in [0.4, 0.5) is 0 Å². The number of hydrogen-bond acceptors (Lipinski definition) is 2. The van der Waals surface area contributed by atoms with Crippen molar-refractivity contribution in [2.24, 2.45) is 0 Å². The summed E-state index contributed by atoms with van der Waals surface area (Å²) >= 11 is 0. The van der Waals surface area contributed by atoms with Gasteiger partial charge in [0.25, 0.3) is 0 Å². The van der Waals surface area contributed by atoms with Crippen molar-refractivity contribution in [3.63, 3.8) is 0 Å². The van der Waals surface area contributed by atoms with Crippen LogP contribution in [0.25, 0.3) is 5.65 Å². The Hall–Kier alpha value is -1.38. The molecule has 0 unspecified atom stereocenters. The molecule has 3 nitrogen and oxygen atoms in total. The molecule has 0 aromatic carbocycles. The van der Waals surface area contributed by atoms with Gasteiger partial charge in [0.15, 0.2) is 5.65 Å². The second-order valence-electron chi connectivity index (χ2n) is 4.64. The fourth-order valence-electron chi connectivity index (χ4n) is 1.38. The first kappa shape index (κ1) is 9.19.